The first kappa shape index (κ1) is 25.7. The fourth-order valence-electron chi connectivity index (χ4n) is 5.06. The molecule has 6 nitrogen and oxygen atoms in total. The first-order valence-electron chi connectivity index (χ1n) is 12.7. The van der Waals surface area contributed by atoms with Gasteiger partial charge in [-0.15, -0.1) is 0 Å². The fraction of sp³-hybridized carbons (Fsp3) is 0.704. The van der Waals surface area contributed by atoms with Crippen molar-refractivity contribution < 1.29 is 23.8 Å². The van der Waals surface area contributed by atoms with Crippen LogP contribution in [-0.4, -0.2) is 49.1 Å². The molecule has 0 aliphatic carbocycles. The molecule has 0 spiro atoms. The van der Waals surface area contributed by atoms with Crippen molar-refractivity contribution in [2.45, 2.75) is 84.5 Å². The molecule has 2 aliphatic heterocycles. The van der Waals surface area contributed by atoms with Gasteiger partial charge in [0.05, 0.1) is 12.6 Å². The number of hydrogen-bond acceptors (Lipinski definition) is 5. The largest absolute Gasteiger partial charge is 0.447 e. The van der Waals surface area contributed by atoms with E-state index in [-0.39, 0.29) is 24.8 Å². The van der Waals surface area contributed by atoms with Crippen molar-refractivity contribution in [1.29, 1.82) is 0 Å². The number of hydrogen-bond donors (Lipinski definition) is 0. The van der Waals surface area contributed by atoms with E-state index in [1.165, 1.54) is 11.3 Å². The van der Waals surface area contributed by atoms with Gasteiger partial charge in [0.2, 0.25) is 5.91 Å². The number of ether oxygens (including phenoxy) is 3. The van der Waals surface area contributed by atoms with Crippen LogP contribution in [0.4, 0.5) is 4.79 Å². The molecule has 1 aromatic rings. The Bertz CT molecular complexity index is 733. The van der Waals surface area contributed by atoms with E-state index >= 15 is 0 Å². The van der Waals surface area contributed by atoms with Crippen LogP contribution in [0.15, 0.2) is 30.3 Å². The van der Waals surface area contributed by atoms with Crippen LogP contribution >= 0.6 is 0 Å². The zero-order valence-corrected chi connectivity index (χ0v) is 20.5. The second-order valence-corrected chi connectivity index (χ2v) is 10.1. The summed E-state index contributed by atoms with van der Waals surface area (Å²) in [5.74, 6) is 1.35. The Kier molecular flexibility index (Phi) is 10.2. The predicted octanol–water partition coefficient (Wildman–Crippen LogP) is 5.59. The Morgan fingerprint density at radius 1 is 1.09 bits per heavy atom. The molecule has 5 atom stereocenters. The fourth-order valence-corrected chi connectivity index (χ4v) is 5.06. The lowest BCUT2D eigenvalue weighted by Crippen LogP contribution is -2.40. The standard InChI is InChI=1S/C27H41NO5/c1-20(15-21(2)16-22(3)18-32-26-11-7-8-14-31-26)12-13-25(29)28-24(19-33-27(28)30)17-23-9-5-4-6-10-23/h4-6,9-10,20-22,24,26H,7-8,11-19H2,1-3H3/t20-,21-,22+,24+,26?/m1/s1. The van der Waals surface area contributed by atoms with Gasteiger partial charge in [-0.3, -0.25) is 4.79 Å². The highest BCUT2D eigenvalue weighted by atomic mass is 16.7. The normalized spacial score (nSPS) is 23.7. The molecule has 1 aromatic carbocycles. The Balaban J connectivity index is 1.36. The lowest BCUT2D eigenvalue weighted by molar-refractivity contribution is -0.168. The lowest BCUT2D eigenvalue weighted by Gasteiger charge is -2.26. The van der Waals surface area contributed by atoms with Crippen molar-refractivity contribution in [2.75, 3.05) is 19.8 Å². The van der Waals surface area contributed by atoms with E-state index in [0.717, 1.165) is 50.9 Å². The molecule has 0 N–H and O–H groups in total. The topological polar surface area (TPSA) is 65.1 Å². The molecule has 2 heterocycles. The first-order valence-corrected chi connectivity index (χ1v) is 12.7. The maximum absolute atomic E-state index is 12.9. The van der Waals surface area contributed by atoms with E-state index in [4.69, 9.17) is 14.2 Å². The number of carbonyl (C=O) groups is 2. The molecule has 0 radical (unpaired) electrons. The highest BCUT2D eigenvalue weighted by Gasteiger charge is 2.37. The molecule has 0 bridgehead atoms. The van der Waals surface area contributed by atoms with E-state index in [2.05, 4.69) is 20.8 Å². The molecule has 2 aliphatic rings. The molecular weight excluding hydrogens is 418 g/mol. The number of benzene rings is 1. The summed E-state index contributed by atoms with van der Waals surface area (Å²) in [6.07, 6.45) is 6.77. The Labute approximate surface area is 199 Å². The van der Waals surface area contributed by atoms with Crippen molar-refractivity contribution in [3.8, 4) is 0 Å². The van der Waals surface area contributed by atoms with Crippen LogP contribution in [0.5, 0.6) is 0 Å². The number of rotatable bonds is 12. The van der Waals surface area contributed by atoms with Crippen LogP contribution in [0, 0.1) is 17.8 Å². The second kappa shape index (κ2) is 13.1. The minimum absolute atomic E-state index is 0.0237. The summed E-state index contributed by atoms with van der Waals surface area (Å²) in [7, 11) is 0. The summed E-state index contributed by atoms with van der Waals surface area (Å²) in [5, 5.41) is 0. The van der Waals surface area contributed by atoms with E-state index in [0.29, 0.717) is 30.6 Å². The summed E-state index contributed by atoms with van der Waals surface area (Å²) in [6, 6.07) is 9.73. The van der Waals surface area contributed by atoms with Gasteiger partial charge in [-0.05, 0) is 68.3 Å². The third-order valence-electron chi connectivity index (χ3n) is 6.71. The predicted molar refractivity (Wildman–Crippen MR) is 128 cm³/mol. The summed E-state index contributed by atoms with van der Waals surface area (Å²) in [5.41, 5.74) is 1.11. The van der Waals surface area contributed by atoms with Crippen molar-refractivity contribution >= 4 is 12.0 Å². The van der Waals surface area contributed by atoms with Crippen molar-refractivity contribution in [2.24, 2.45) is 17.8 Å². The monoisotopic (exact) mass is 459 g/mol. The van der Waals surface area contributed by atoms with Gasteiger partial charge in [-0.2, -0.15) is 0 Å². The van der Waals surface area contributed by atoms with Crippen molar-refractivity contribution in [3.63, 3.8) is 0 Å². The van der Waals surface area contributed by atoms with Gasteiger partial charge >= 0.3 is 6.09 Å². The number of carbonyl (C=O) groups excluding carboxylic acids is 2. The molecule has 1 unspecified atom stereocenters. The van der Waals surface area contributed by atoms with E-state index in [1.807, 2.05) is 30.3 Å². The number of amides is 2. The highest BCUT2D eigenvalue weighted by Crippen LogP contribution is 2.25. The molecule has 3 rings (SSSR count). The molecule has 0 saturated carbocycles. The first-order chi connectivity index (χ1) is 15.9. The molecule has 184 valence electrons. The minimum atomic E-state index is -0.502. The molecule has 0 aromatic heterocycles. The second-order valence-electron chi connectivity index (χ2n) is 10.1. The molecule has 2 saturated heterocycles. The summed E-state index contributed by atoms with van der Waals surface area (Å²) >= 11 is 0. The molecule has 2 amide bonds. The average molecular weight is 460 g/mol. The minimum Gasteiger partial charge on any atom is -0.447 e. The van der Waals surface area contributed by atoms with Gasteiger partial charge in [-0.1, -0.05) is 51.1 Å². The van der Waals surface area contributed by atoms with Crippen LogP contribution < -0.4 is 0 Å². The summed E-state index contributed by atoms with van der Waals surface area (Å²) in [6.45, 7) is 8.54. The van der Waals surface area contributed by atoms with E-state index in [9.17, 15) is 9.59 Å². The van der Waals surface area contributed by atoms with Gasteiger partial charge < -0.3 is 14.2 Å². The van der Waals surface area contributed by atoms with Gasteiger partial charge in [0.1, 0.15) is 6.61 Å². The number of imide groups is 1. The third-order valence-corrected chi connectivity index (χ3v) is 6.71. The Hall–Kier alpha value is -1.92. The smallest absolute Gasteiger partial charge is 0.416 e. The van der Waals surface area contributed by atoms with Crippen LogP contribution in [0.3, 0.4) is 0 Å². The Morgan fingerprint density at radius 2 is 1.85 bits per heavy atom. The van der Waals surface area contributed by atoms with E-state index < -0.39 is 6.09 Å². The van der Waals surface area contributed by atoms with Crippen LogP contribution in [0.2, 0.25) is 0 Å². The summed E-state index contributed by atoms with van der Waals surface area (Å²) < 4.78 is 16.8. The van der Waals surface area contributed by atoms with E-state index in [1.54, 1.807) is 0 Å². The maximum Gasteiger partial charge on any atom is 0.416 e. The van der Waals surface area contributed by atoms with Gasteiger partial charge in [0.15, 0.2) is 6.29 Å². The van der Waals surface area contributed by atoms with Crippen molar-refractivity contribution in [1.82, 2.24) is 4.90 Å². The van der Waals surface area contributed by atoms with Gasteiger partial charge in [-0.25, -0.2) is 9.69 Å². The molecule has 33 heavy (non-hydrogen) atoms. The highest BCUT2D eigenvalue weighted by molar-refractivity contribution is 5.93. The van der Waals surface area contributed by atoms with Gasteiger partial charge in [0.25, 0.3) is 0 Å². The quantitative estimate of drug-likeness (QED) is 0.408. The molecular formula is C27H41NO5. The zero-order chi connectivity index (χ0) is 23.6. The van der Waals surface area contributed by atoms with Crippen LogP contribution in [0.25, 0.3) is 0 Å². The van der Waals surface area contributed by atoms with Crippen molar-refractivity contribution in [3.05, 3.63) is 35.9 Å². The van der Waals surface area contributed by atoms with Gasteiger partial charge in [0, 0.05) is 13.0 Å². The lowest BCUT2D eigenvalue weighted by atomic mass is 9.88. The maximum atomic E-state index is 12.9. The third kappa shape index (κ3) is 8.42. The zero-order valence-electron chi connectivity index (χ0n) is 20.5. The van der Waals surface area contributed by atoms with Crippen LogP contribution in [0.1, 0.15) is 71.3 Å². The number of cyclic esters (lactones) is 1. The van der Waals surface area contributed by atoms with Crippen LogP contribution in [-0.2, 0) is 25.4 Å². The molecule has 2 fully saturated rings. The number of nitrogens with zero attached hydrogens (tertiary/aromatic N) is 1. The molecule has 6 heteroatoms. The average Bonchev–Trinajstić information content (AvgIpc) is 3.17. The summed E-state index contributed by atoms with van der Waals surface area (Å²) in [4.78, 5) is 26.4. The Morgan fingerprint density at radius 3 is 2.58 bits per heavy atom. The SMILES string of the molecule is C[C@H](C[C@H](C)CCC(=O)N1C(=O)OC[C@@H]1Cc1ccccc1)C[C@H](C)COC1CCCCO1.